The SMILES string of the molecule is CC(=O)OC[C@H]1O[C@H]([n+]2cccc(COC(=O)C(C)(C)C)c2)[C@H](OC(C)=O)[C@@H](OC(C)=O)[C@@H]1OC(C)=O.[O-][Cl+3]([O-])([O-])[O-]. The zero-order valence-corrected chi connectivity index (χ0v) is 24.8. The molecule has 0 saturated carbocycles. The fraction of sp³-hybridized carbons (Fsp3) is 0.600. The van der Waals surface area contributed by atoms with Crippen LogP contribution in [0, 0.1) is 15.7 Å². The largest absolute Gasteiger partial charge is 0.463 e. The summed E-state index contributed by atoms with van der Waals surface area (Å²) < 4.78 is 68.4. The third kappa shape index (κ3) is 13.5. The minimum atomic E-state index is -4.94. The van der Waals surface area contributed by atoms with E-state index in [2.05, 4.69) is 0 Å². The van der Waals surface area contributed by atoms with Crippen molar-refractivity contribution >= 4 is 29.8 Å². The summed E-state index contributed by atoms with van der Waals surface area (Å²) in [5, 5.41) is 0. The minimum absolute atomic E-state index is 0.0395. The molecule has 2 heterocycles. The molecule has 236 valence electrons. The van der Waals surface area contributed by atoms with Crippen LogP contribution < -0.4 is 23.2 Å². The van der Waals surface area contributed by atoms with E-state index < -0.39 is 76.1 Å². The highest BCUT2D eigenvalue weighted by molar-refractivity contribution is 5.75. The molecule has 1 aromatic rings. The number of rotatable bonds is 8. The molecular weight excluding hydrogens is 590 g/mol. The van der Waals surface area contributed by atoms with E-state index >= 15 is 0 Å². The van der Waals surface area contributed by atoms with E-state index in [1.165, 1.54) is 18.4 Å². The maximum Gasteiger partial charge on any atom is 0.311 e. The second-order valence-corrected chi connectivity index (χ2v) is 10.7. The van der Waals surface area contributed by atoms with Gasteiger partial charge < -0.3 is 28.4 Å². The molecule has 0 bridgehead atoms. The lowest BCUT2D eigenvalue weighted by atomic mass is 9.97. The number of carbonyl (C=O) groups is 5. The molecular formula is C25H34ClNO15. The smallest absolute Gasteiger partial charge is 0.311 e. The predicted octanol–water partition coefficient (Wildman–Crippen LogP) is -3.44. The van der Waals surface area contributed by atoms with E-state index in [4.69, 9.17) is 47.1 Å². The van der Waals surface area contributed by atoms with E-state index in [0.717, 1.165) is 13.8 Å². The Kier molecular flexibility index (Phi) is 13.7. The number of esters is 5. The maximum absolute atomic E-state index is 12.2. The van der Waals surface area contributed by atoms with Gasteiger partial charge in [0.25, 0.3) is 0 Å². The van der Waals surface area contributed by atoms with Crippen molar-refractivity contribution in [2.75, 3.05) is 6.61 Å². The van der Waals surface area contributed by atoms with Crippen molar-refractivity contribution in [3.05, 3.63) is 30.1 Å². The molecule has 1 aliphatic rings. The Morgan fingerprint density at radius 3 is 1.81 bits per heavy atom. The average molecular weight is 624 g/mol. The van der Waals surface area contributed by atoms with Crippen molar-refractivity contribution < 1.29 is 85.8 Å². The topological polar surface area (TPSA) is 237 Å². The molecule has 1 aromatic heterocycles. The second kappa shape index (κ2) is 15.7. The molecule has 2 rings (SSSR count). The molecule has 1 fully saturated rings. The first-order valence-corrected chi connectivity index (χ1v) is 13.5. The summed E-state index contributed by atoms with van der Waals surface area (Å²) in [6.45, 7) is 9.49. The maximum atomic E-state index is 12.2. The van der Waals surface area contributed by atoms with Crippen molar-refractivity contribution in [2.45, 2.75) is 85.7 Å². The zero-order chi connectivity index (χ0) is 32.4. The van der Waals surface area contributed by atoms with Crippen LogP contribution in [0.4, 0.5) is 0 Å². The molecule has 0 spiro atoms. The molecule has 1 saturated heterocycles. The zero-order valence-electron chi connectivity index (χ0n) is 24.1. The van der Waals surface area contributed by atoms with E-state index in [-0.39, 0.29) is 13.2 Å². The Balaban J connectivity index is 0.00000162. The molecule has 42 heavy (non-hydrogen) atoms. The van der Waals surface area contributed by atoms with Gasteiger partial charge >= 0.3 is 36.1 Å². The monoisotopic (exact) mass is 623 g/mol. The first kappa shape index (κ1) is 36.6. The second-order valence-electron chi connectivity index (χ2n) is 9.95. The van der Waals surface area contributed by atoms with Crippen LogP contribution in [0.5, 0.6) is 0 Å². The highest BCUT2D eigenvalue weighted by Gasteiger charge is 2.56. The Bertz CT molecular complexity index is 1110. The summed E-state index contributed by atoms with van der Waals surface area (Å²) in [6.07, 6.45) is -2.76. The minimum Gasteiger partial charge on any atom is -0.463 e. The molecule has 0 aromatic carbocycles. The van der Waals surface area contributed by atoms with Crippen LogP contribution in [-0.4, -0.2) is 60.9 Å². The van der Waals surface area contributed by atoms with Crippen molar-refractivity contribution in [2.24, 2.45) is 5.41 Å². The molecule has 5 atom stereocenters. The van der Waals surface area contributed by atoms with Crippen LogP contribution in [0.2, 0.25) is 0 Å². The van der Waals surface area contributed by atoms with Crippen LogP contribution in [-0.2, 0) is 59.0 Å². The lowest BCUT2D eigenvalue weighted by Crippen LogP contribution is -2.68. The number of nitrogens with zero attached hydrogens (tertiary/aromatic N) is 1. The van der Waals surface area contributed by atoms with Crippen molar-refractivity contribution in [1.29, 1.82) is 0 Å². The third-order valence-electron chi connectivity index (χ3n) is 5.13. The van der Waals surface area contributed by atoms with Gasteiger partial charge in [0.15, 0.2) is 24.6 Å². The number of carbonyl (C=O) groups excluding carboxylic acids is 5. The van der Waals surface area contributed by atoms with Crippen LogP contribution in [0.25, 0.3) is 0 Å². The Morgan fingerprint density at radius 1 is 0.833 bits per heavy atom. The number of pyridine rings is 1. The van der Waals surface area contributed by atoms with E-state index in [1.807, 2.05) is 0 Å². The summed E-state index contributed by atoms with van der Waals surface area (Å²) in [5.74, 6) is -3.14. The summed E-state index contributed by atoms with van der Waals surface area (Å²) >= 11 is 0. The molecule has 1 aliphatic heterocycles. The van der Waals surface area contributed by atoms with Gasteiger partial charge in [0, 0.05) is 33.8 Å². The molecule has 0 amide bonds. The van der Waals surface area contributed by atoms with Gasteiger partial charge in [0.1, 0.15) is 19.3 Å². The number of ether oxygens (including phenoxy) is 6. The number of aromatic nitrogens is 1. The fourth-order valence-electron chi connectivity index (χ4n) is 3.60. The molecule has 0 N–H and O–H groups in total. The number of hydrogen-bond acceptors (Lipinski definition) is 15. The van der Waals surface area contributed by atoms with Crippen LogP contribution in [0.1, 0.15) is 60.3 Å². The summed E-state index contributed by atoms with van der Waals surface area (Å²) in [4.78, 5) is 59.6. The number of hydrogen-bond donors (Lipinski definition) is 0. The molecule has 16 nitrogen and oxygen atoms in total. The normalized spacial score (nSPS) is 22.0. The highest BCUT2D eigenvalue weighted by atomic mass is 35.7. The van der Waals surface area contributed by atoms with Gasteiger partial charge in [-0.1, -0.05) is 0 Å². The Hall–Kier alpha value is -3.41. The van der Waals surface area contributed by atoms with E-state index in [1.54, 1.807) is 45.3 Å². The van der Waals surface area contributed by atoms with Crippen molar-refractivity contribution in [1.82, 2.24) is 0 Å². The van der Waals surface area contributed by atoms with Gasteiger partial charge in [-0.05, 0) is 26.8 Å². The molecule has 17 heteroatoms. The van der Waals surface area contributed by atoms with Gasteiger partial charge in [0.05, 0.1) is 11.0 Å². The third-order valence-corrected chi connectivity index (χ3v) is 5.13. The van der Waals surface area contributed by atoms with Gasteiger partial charge in [-0.15, -0.1) is 10.2 Å². The lowest BCUT2D eigenvalue weighted by molar-refractivity contribution is -2.00. The summed E-state index contributed by atoms with van der Waals surface area (Å²) in [5.41, 5.74) is -0.0992. The van der Waals surface area contributed by atoms with Gasteiger partial charge in [-0.2, -0.15) is 4.57 Å². The molecule has 0 aliphatic carbocycles. The summed E-state index contributed by atoms with van der Waals surface area (Å²) in [6, 6.07) is 3.38. The van der Waals surface area contributed by atoms with Gasteiger partial charge in [-0.3, -0.25) is 24.0 Å². The first-order valence-electron chi connectivity index (χ1n) is 12.3. The lowest BCUT2D eigenvalue weighted by Gasteiger charge is -2.41. The first-order chi connectivity index (χ1) is 19.2. The van der Waals surface area contributed by atoms with E-state index in [0.29, 0.717) is 5.56 Å². The standard InChI is InChI=1S/C25H34NO11.ClHO4/c1-14(27)32-13-19-20(34-15(2)28)21(35-16(3)29)22(36-17(4)30)23(37-19)26-10-8-9-18(11-26)12-33-24(31)25(5,6)7;2-1(3,4)5/h8-11,19-23H,12-13H2,1-7H3;(H,2,3,4,5)/q+1;/p-1/t19-,20-,21+,22-,23+;/m1./s1. The average Bonchev–Trinajstić information content (AvgIpc) is 2.81. The Labute approximate surface area is 243 Å². The van der Waals surface area contributed by atoms with Crippen molar-refractivity contribution in [3.8, 4) is 0 Å². The molecule has 0 unspecified atom stereocenters. The quantitative estimate of drug-likeness (QED) is 0.155. The predicted molar refractivity (Wildman–Crippen MR) is 123 cm³/mol. The van der Waals surface area contributed by atoms with Gasteiger partial charge in [-0.25, -0.2) is 18.6 Å². The Morgan fingerprint density at radius 2 is 1.33 bits per heavy atom. The van der Waals surface area contributed by atoms with Crippen LogP contribution in [0.15, 0.2) is 24.5 Å². The van der Waals surface area contributed by atoms with Gasteiger partial charge in [0.2, 0.25) is 6.10 Å². The molecule has 0 radical (unpaired) electrons. The van der Waals surface area contributed by atoms with Crippen LogP contribution in [0.3, 0.4) is 0 Å². The van der Waals surface area contributed by atoms with Crippen LogP contribution >= 0.6 is 0 Å². The highest BCUT2D eigenvalue weighted by Crippen LogP contribution is 2.32. The summed E-state index contributed by atoms with van der Waals surface area (Å²) in [7, 11) is -4.94. The van der Waals surface area contributed by atoms with E-state index in [9.17, 15) is 24.0 Å². The fourth-order valence-corrected chi connectivity index (χ4v) is 3.60. The van der Waals surface area contributed by atoms with Crippen molar-refractivity contribution in [3.63, 3.8) is 0 Å². The number of halogens is 1.